The molecule has 1 aromatic carbocycles. The molecule has 27 heavy (non-hydrogen) atoms. The molecule has 0 aliphatic carbocycles. The Morgan fingerprint density at radius 3 is 2.78 bits per heavy atom. The second kappa shape index (κ2) is 6.83. The topological polar surface area (TPSA) is 59.6 Å². The lowest BCUT2D eigenvalue weighted by Crippen LogP contribution is -2.46. The first-order valence-electron chi connectivity index (χ1n) is 9.78. The molecular weight excluding hydrogens is 340 g/mol. The Kier molecular flexibility index (Phi) is 4.50. The monoisotopic (exact) mass is 366 g/mol. The van der Waals surface area contributed by atoms with Gasteiger partial charge in [0.2, 0.25) is 5.91 Å². The number of aromatic nitrogens is 3. The number of aryl methyl sites for hydroxylation is 2. The van der Waals surface area contributed by atoms with Gasteiger partial charge < -0.3 is 4.90 Å². The van der Waals surface area contributed by atoms with Crippen LogP contribution in [0.2, 0.25) is 0 Å². The van der Waals surface area contributed by atoms with Crippen LogP contribution in [0.4, 0.5) is 0 Å². The van der Waals surface area contributed by atoms with Crippen molar-refractivity contribution in [1.29, 1.82) is 0 Å². The molecule has 6 nitrogen and oxygen atoms in total. The number of benzene rings is 1. The number of hydrogen-bond donors (Lipinski definition) is 0. The molecule has 0 spiro atoms. The highest BCUT2D eigenvalue weighted by atomic mass is 16.2. The highest BCUT2D eigenvalue weighted by Gasteiger charge is 2.26. The molecule has 1 saturated heterocycles. The van der Waals surface area contributed by atoms with Gasteiger partial charge in [-0.05, 0) is 57.7 Å². The van der Waals surface area contributed by atoms with E-state index in [1.54, 1.807) is 0 Å². The van der Waals surface area contributed by atoms with Gasteiger partial charge in [-0.1, -0.05) is 18.6 Å². The maximum Gasteiger partial charge on any atom is 0.291 e. The van der Waals surface area contributed by atoms with Crippen LogP contribution in [-0.4, -0.2) is 37.6 Å². The van der Waals surface area contributed by atoms with Crippen molar-refractivity contribution >= 4 is 22.3 Å². The van der Waals surface area contributed by atoms with Crippen LogP contribution in [0, 0.1) is 13.8 Å². The van der Waals surface area contributed by atoms with E-state index < -0.39 is 0 Å². The number of carbonyl (C=O) groups excluding carboxylic acids is 1. The van der Waals surface area contributed by atoms with Gasteiger partial charge in [-0.3, -0.25) is 14.0 Å². The van der Waals surface area contributed by atoms with Crippen molar-refractivity contribution in [3.05, 3.63) is 46.0 Å². The number of amides is 1. The van der Waals surface area contributed by atoms with E-state index >= 15 is 0 Å². The van der Waals surface area contributed by atoms with Crippen molar-refractivity contribution in [2.75, 3.05) is 6.54 Å². The van der Waals surface area contributed by atoms with Gasteiger partial charge in [0.05, 0.1) is 5.52 Å². The third-order valence-corrected chi connectivity index (χ3v) is 5.70. The van der Waals surface area contributed by atoms with Gasteiger partial charge in [0.1, 0.15) is 17.9 Å². The molecule has 1 atom stereocenters. The summed E-state index contributed by atoms with van der Waals surface area (Å²) in [6.45, 7) is 6.81. The van der Waals surface area contributed by atoms with Gasteiger partial charge in [-0.15, -0.1) is 0 Å². The van der Waals surface area contributed by atoms with Crippen LogP contribution in [0.1, 0.15) is 44.0 Å². The lowest BCUT2D eigenvalue weighted by atomic mass is 10.00. The Morgan fingerprint density at radius 1 is 1.19 bits per heavy atom. The maximum absolute atomic E-state index is 13.0. The molecule has 0 radical (unpaired) electrons. The molecule has 4 rings (SSSR count). The average Bonchev–Trinajstić information content (AvgIpc) is 3.05. The van der Waals surface area contributed by atoms with E-state index in [0.29, 0.717) is 11.3 Å². The van der Waals surface area contributed by atoms with Crippen LogP contribution in [0.15, 0.2) is 29.1 Å². The van der Waals surface area contributed by atoms with Crippen molar-refractivity contribution in [3.63, 3.8) is 0 Å². The number of rotatable bonds is 3. The summed E-state index contributed by atoms with van der Waals surface area (Å²) in [6.07, 6.45) is 4.20. The minimum atomic E-state index is -0.215. The predicted octanol–water partition coefficient (Wildman–Crippen LogP) is 3.06. The molecule has 1 fully saturated rings. The summed E-state index contributed by atoms with van der Waals surface area (Å²) in [5, 5.41) is 5.47. The SMILES string of the molecule is CCC1CCCCN1C(=O)Cn1nc(C)n2c(cc3cc(C)ccc32)c1=O. The van der Waals surface area contributed by atoms with Crippen molar-refractivity contribution in [2.24, 2.45) is 0 Å². The number of fused-ring (bicyclic) bond motifs is 3. The Bertz CT molecular complexity index is 1080. The van der Waals surface area contributed by atoms with Crippen LogP contribution in [-0.2, 0) is 11.3 Å². The molecule has 0 saturated carbocycles. The minimum absolute atomic E-state index is 0.00717. The molecule has 142 valence electrons. The van der Waals surface area contributed by atoms with Crippen LogP contribution in [0.5, 0.6) is 0 Å². The maximum atomic E-state index is 13.0. The van der Waals surface area contributed by atoms with Gasteiger partial charge in [0.25, 0.3) is 5.56 Å². The fraction of sp³-hybridized carbons (Fsp3) is 0.476. The summed E-state index contributed by atoms with van der Waals surface area (Å²) >= 11 is 0. The van der Waals surface area contributed by atoms with Crippen molar-refractivity contribution < 1.29 is 4.79 Å². The standard InChI is InChI=1S/C21H26N4O2/c1-4-17-7-5-6-10-23(17)20(26)13-24-21(27)19-12-16-11-14(2)8-9-18(16)25(19)15(3)22-24/h8-9,11-12,17H,4-7,10,13H2,1-3H3. The van der Waals surface area contributed by atoms with Crippen LogP contribution < -0.4 is 5.56 Å². The number of piperidine rings is 1. The number of hydrogen-bond acceptors (Lipinski definition) is 3. The average molecular weight is 366 g/mol. The van der Waals surface area contributed by atoms with Crippen LogP contribution in [0.3, 0.4) is 0 Å². The second-order valence-electron chi connectivity index (χ2n) is 7.58. The van der Waals surface area contributed by atoms with Gasteiger partial charge in [-0.25, -0.2) is 4.68 Å². The smallest absolute Gasteiger partial charge is 0.291 e. The van der Waals surface area contributed by atoms with Gasteiger partial charge >= 0.3 is 0 Å². The Balaban J connectivity index is 1.74. The molecule has 2 aromatic heterocycles. The Hall–Kier alpha value is -2.63. The summed E-state index contributed by atoms with van der Waals surface area (Å²) in [4.78, 5) is 27.8. The number of likely N-dealkylation sites (tertiary alicyclic amines) is 1. The molecule has 3 heterocycles. The lowest BCUT2D eigenvalue weighted by molar-refractivity contribution is -0.135. The van der Waals surface area contributed by atoms with E-state index in [0.717, 1.165) is 42.3 Å². The van der Waals surface area contributed by atoms with E-state index in [4.69, 9.17) is 0 Å². The molecule has 1 aliphatic heterocycles. The lowest BCUT2D eigenvalue weighted by Gasteiger charge is -2.35. The van der Waals surface area contributed by atoms with Crippen molar-refractivity contribution in [1.82, 2.24) is 19.1 Å². The van der Waals surface area contributed by atoms with Gasteiger partial charge in [0.15, 0.2) is 0 Å². The van der Waals surface area contributed by atoms with Crippen molar-refractivity contribution in [2.45, 2.75) is 59.0 Å². The van der Waals surface area contributed by atoms with E-state index in [1.165, 1.54) is 11.1 Å². The third kappa shape index (κ3) is 3.03. The molecular formula is C21H26N4O2. The van der Waals surface area contributed by atoms with Gasteiger partial charge in [-0.2, -0.15) is 5.10 Å². The first kappa shape index (κ1) is 17.8. The molecule has 6 heteroatoms. The molecule has 0 N–H and O–H groups in total. The molecule has 1 unspecified atom stereocenters. The normalized spacial score (nSPS) is 17.7. The third-order valence-electron chi connectivity index (χ3n) is 5.70. The fourth-order valence-corrected chi connectivity index (χ4v) is 4.32. The zero-order valence-electron chi connectivity index (χ0n) is 16.2. The predicted molar refractivity (Wildman–Crippen MR) is 106 cm³/mol. The summed E-state index contributed by atoms with van der Waals surface area (Å²) in [6, 6.07) is 8.29. The van der Waals surface area contributed by atoms with Crippen LogP contribution in [0.25, 0.3) is 16.4 Å². The Labute approximate surface area is 158 Å². The van der Waals surface area contributed by atoms with Gasteiger partial charge in [0, 0.05) is 18.0 Å². The molecule has 1 aliphatic rings. The first-order chi connectivity index (χ1) is 13.0. The summed E-state index contributed by atoms with van der Waals surface area (Å²) in [5.74, 6) is 0.703. The summed E-state index contributed by atoms with van der Waals surface area (Å²) < 4.78 is 3.22. The Morgan fingerprint density at radius 2 is 2.00 bits per heavy atom. The second-order valence-corrected chi connectivity index (χ2v) is 7.58. The van der Waals surface area contributed by atoms with Crippen LogP contribution >= 0.6 is 0 Å². The zero-order valence-corrected chi connectivity index (χ0v) is 16.2. The zero-order chi connectivity index (χ0) is 19.1. The fourth-order valence-electron chi connectivity index (χ4n) is 4.32. The number of nitrogens with zero attached hydrogens (tertiary/aromatic N) is 4. The largest absolute Gasteiger partial charge is 0.338 e. The molecule has 0 bridgehead atoms. The minimum Gasteiger partial charge on any atom is -0.338 e. The van der Waals surface area contributed by atoms with E-state index in [2.05, 4.69) is 18.1 Å². The van der Waals surface area contributed by atoms with E-state index in [1.807, 2.05) is 41.3 Å². The highest BCUT2D eigenvalue weighted by Crippen LogP contribution is 2.21. The quantitative estimate of drug-likeness (QED) is 0.716. The van der Waals surface area contributed by atoms with E-state index in [9.17, 15) is 9.59 Å². The molecule has 1 amide bonds. The van der Waals surface area contributed by atoms with E-state index in [-0.39, 0.29) is 24.1 Å². The summed E-state index contributed by atoms with van der Waals surface area (Å²) in [7, 11) is 0. The summed E-state index contributed by atoms with van der Waals surface area (Å²) in [5.41, 5.74) is 2.47. The first-order valence-corrected chi connectivity index (χ1v) is 9.78. The highest BCUT2D eigenvalue weighted by molar-refractivity contribution is 5.87. The molecule has 3 aromatic rings. The van der Waals surface area contributed by atoms with Crippen molar-refractivity contribution in [3.8, 4) is 0 Å². The number of carbonyl (C=O) groups is 1.